The lowest BCUT2D eigenvalue weighted by Crippen LogP contribution is -2.00. The Hall–Kier alpha value is -0.900. The summed E-state index contributed by atoms with van der Waals surface area (Å²) < 4.78 is 5.91. The Morgan fingerprint density at radius 1 is 1.29 bits per heavy atom. The van der Waals surface area contributed by atoms with Gasteiger partial charge in [-0.1, -0.05) is 48.8 Å². The Kier molecular flexibility index (Phi) is 6.31. The number of hydrogen-bond acceptors (Lipinski definition) is 3. The average molecular weight is 382 g/mol. The van der Waals surface area contributed by atoms with Crippen LogP contribution in [0.5, 0.6) is 5.75 Å². The summed E-state index contributed by atoms with van der Waals surface area (Å²) in [5.41, 5.74) is 2.13. The van der Waals surface area contributed by atoms with Crippen LogP contribution >= 0.6 is 35.0 Å². The van der Waals surface area contributed by atoms with Gasteiger partial charge in [-0.3, -0.25) is 0 Å². The second-order valence-electron chi connectivity index (χ2n) is 6.03. The van der Waals surface area contributed by atoms with Crippen LogP contribution in [0.4, 0.5) is 0 Å². The van der Waals surface area contributed by atoms with E-state index in [4.69, 9.17) is 27.9 Å². The van der Waals surface area contributed by atoms with Crippen molar-refractivity contribution in [3.05, 3.63) is 52.7 Å². The summed E-state index contributed by atoms with van der Waals surface area (Å²) in [5, 5.41) is 1.74. The molecule has 1 aliphatic rings. The first-order valence-corrected chi connectivity index (χ1v) is 10.0. The van der Waals surface area contributed by atoms with Crippen LogP contribution in [0.2, 0.25) is 5.02 Å². The van der Waals surface area contributed by atoms with Gasteiger partial charge in [-0.15, -0.1) is 11.6 Å². The fraction of sp³-hybridized carbons (Fsp3) is 0.421. The predicted molar refractivity (Wildman–Crippen MR) is 102 cm³/mol. The van der Waals surface area contributed by atoms with E-state index in [1.807, 2.05) is 30.3 Å². The molecule has 1 aliphatic carbocycles. The van der Waals surface area contributed by atoms with E-state index >= 15 is 0 Å². The second-order valence-corrected chi connectivity index (χ2v) is 8.45. The Morgan fingerprint density at radius 2 is 2.12 bits per heavy atom. The maximum atomic E-state index is 6.34. The van der Waals surface area contributed by atoms with Crippen LogP contribution < -0.4 is 4.74 Å². The molecular weight excluding hydrogens is 361 g/mol. The summed E-state index contributed by atoms with van der Waals surface area (Å²) in [6.45, 7) is 2.56. The highest BCUT2D eigenvalue weighted by molar-refractivity contribution is 8.01. The minimum atomic E-state index is 0.0624. The quantitative estimate of drug-likeness (QED) is 0.377. The molecule has 1 heterocycles. The zero-order valence-electron chi connectivity index (χ0n) is 13.7. The number of rotatable bonds is 8. The van der Waals surface area contributed by atoms with Crippen LogP contribution in [-0.4, -0.2) is 9.69 Å². The number of pyridine rings is 1. The number of hydrogen-bond donors (Lipinski definition) is 0. The van der Waals surface area contributed by atoms with Crippen molar-refractivity contribution in [2.24, 2.45) is 0 Å². The number of benzene rings is 1. The molecule has 1 saturated carbocycles. The maximum Gasteiger partial charge on any atom is 0.130 e. The molecule has 1 atom stereocenters. The van der Waals surface area contributed by atoms with Gasteiger partial charge in [0.15, 0.2) is 0 Å². The predicted octanol–water partition coefficient (Wildman–Crippen LogP) is 6.65. The SMILES string of the molecule is CCCC(Cl)Sc1cccc(COc2ccc(C3CC3)c(Cl)c2)n1. The van der Waals surface area contributed by atoms with E-state index in [1.54, 1.807) is 11.8 Å². The molecular formula is C19H21Cl2NOS. The maximum absolute atomic E-state index is 6.34. The van der Waals surface area contributed by atoms with Gasteiger partial charge < -0.3 is 4.74 Å². The molecule has 5 heteroatoms. The minimum absolute atomic E-state index is 0.0624. The van der Waals surface area contributed by atoms with Crippen LogP contribution in [0.3, 0.4) is 0 Å². The lowest BCUT2D eigenvalue weighted by molar-refractivity contribution is 0.300. The molecule has 0 N–H and O–H groups in total. The van der Waals surface area contributed by atoms with Crippen LogP contribution in [0.25, 0.3) is 0 Å². The Balaban J connectivity index is 1.59. The first kappa shape index (κ1) is 17.9. The molecule has 0 aliphatic heterocycles. The Bertz CT molecular complexity index is 691. The highest BCUT2D eigenvalue weighted by Gasteiger charge is 2.25. The van der Waals surface area contributed by atoms with Crippen molar-refractivity contribution in [3.63, 3.8) is 0 Å². The molecule has 2 aromatic rings. The first-order valence-electron chi connectivity index (χ1n) is 8.34. The molecule has 128 valence electrons. The largest absolute Gasteiger partial charge is 0.487 e. The molecule has 0 radical (unpaired) electrons. The van der Waals surface area contributed by atoms with E-state index < -0.39 is 0 Å². The van der Waals surface area contributed by atoms with Crippen molar-refractivity contribution >= 4 is 35.0 Å². The smallest absolute Gasteiger partial charge is 0.130 e. The molecule has 1 unspecified atom stereocenters. The van der Waals surface area contributed by atoms with Gasteiger partial charge in [0.05, 0.1) is 15.4 Å². The van der Waals surface area contributed by atoms with E-state index in [-0.39, 0.29) is 4.71 Å². The zero-order valence-corrected chi connectivity index (χ0v) is 16.0. The molecule has 0 spiro atoms. The number of nitrogens with zero attached hydrogens (tertiary/aromatic N) is 1. The summed E-state index contributed by atoms with van der Waals surface area (Å²) in [6.07, 6.45) is 4.53. The van der Waals surface area contributed by atoms with Crippen molar-refractivity contribution in [2.45, 2.75) is 54.9 Å². The summed E-state index contributed by atoms with van der Waals surface area (Å²) in [6, 6.07) is 11.9. The van der Waals surface area contributed by atoms with Gasteiger partial charge in [-0.25, -0.2) is 4.98 Å². The number of halogens is 2. The van der Waals surface area contributed by atoms with Gasteiger partial charge in [0.2, 0.25) is 0 Å². The van der Waals surface area contributed by atoms with Crippen molar-refractivity contribution in [1.82, 2.24) is 4.98 Å². The molecule has 0 bridgehead atoms. The van der Waals surface area contributed by atoms with Gasteiger partial charge in [-0.05, 0) is 55.0 Å². The second kappa shape index (κ2) is 8.46. The summed E-state index contributed by atoms with van der Waals surface area (Å²) >= 11 is 14.2. The average Bonchev–Trinajstić information content (AvgIpc) is 3.38. The van der Waals surface area contributed by atoms with Crippen molar-refractivity contribution in [2.75, 3.05) is 0 Å². The molecule has 2 nitrogen and oxygen atoms in total. The molecule has 3 rings (SSSR count). The first-order chi connectivity index (χ1) is 11.7. The third kappa shape index (κ3) is 5.05. The van der Waals surface area contributed by atoms with Crippen molar-refractivity contribution < 1.29 is 4.74 Å². The van der Waals surface area contributed by atoms with E-state index in [9.17, 15) is 0 Å². The summed E-state index contributed by atoms with van der Waals surface area (Å²) in [7, 11) is 0. The number of alkyl halides is 1. The molecule has 1 fully saturated rings. The molecule has 24 heavy (non-hydrogen) atoms. The molecule has 0 amide bonds. The van der Waals surface area contributed by atoms with Gasteiger partial charge in [0.25, 0.3) is 0 Å². The van der Waals surface area contributed by atoms with E-state index in [0.29, 0.717) is 12.5 Å². The third-order valence-corrected chi connectivity index (χ3v) is 5.69. The lowest BCUT2D eigenvalue weighted by atomic mass is 10.1. The van der Waals surface area contributed by atoms with Gasteiger partial charge in [0.1, 0.15) is 12.4 Å². The lowest BCUT2D eigenvalue weighted by Gasteiger charge is -2.10. The number of thioether (sulfide) groups is 1. The van der Waals surface area contributed by atoms with Crippen molar-refractivity contribution in [1.29, 1.82) is 0 Å². The van der Waals surface area contributed by atoms with E-state index in [1.165, 1.54) is 18.4 Å². The highest BCUT2D eigenvalue weighted by atomic mass is 35.5. The van der Waals surface area contributed by atoms with Crippen LogP contribution in [0.15, 0.2) is 41.4 Å². The van der Waals surface area contributed by atoms with Crippen LogP contribution in [0, 0.1) is 0 Å². The molecule has 1 aromatic carbocycles. The Labute approximate surface area is 157 Å². The van der Waals surface area contributed by atoms with E-state index in [0.717, 1.165) is 34.3 Å². The zero-order chi connectivity index (χ0) is 16.9. The third-order valence-electron chi connectivity index (χ3n) is 3.92. The number of ether oxygens (including phenoxy) is 1. The van der Waals surface area contributed by atoms with E-state index in [2.05, 4.69) is 18.0 Å². The van der Waals surface area contributed by atoms with Crippen molar-refractivity contribution in [3.8, 4) is 5.75 Å². The minimum Gasteiger partial charge on any atom is -0.487 e. The summed E-state index contributed by atoms with van der Waals surface area (Å²) in [4.78, 5) is 4.61. The number of aromatic nitrogens is 1. The fourth-order valence-corrected chi connectivity index (χ4v) is 4.26. The Morgan fingerprint density at radius 3 is 2.83 bits per heavy atom. The van der Waals surface area contributed by atoms with Crippen LogP contribution in [-0.2, 0) is 6.61 Å². The standard InChI is InChI=1S/C19H21Cl2NOS/c1-2-4-18(21)24-19-6-3-5-14(22-19)12-23-15-9-10-16(13-7-8-13)17(20)11-15/h3,5-6,9-11,13,18H,2,4,7-8,12H2,1H3. The van der Waals surface area contributed by atoms with Gasteiger partial charge >= 0.3 is 0 Å². The molecule has 1 aromatic heterocycles. The highest BCUT2D eigenvalue weighted by Crippen LogP contribution is 2.44. The van der Waals surface area contributed by atoms with Crippen LogP contribution in [0.1, 0.15) is 49.8 Å². The fourth-order valence-electron chi connectivity index (χ4n) is 2.50. The topological polar surface area (TPSA) is 22.1 Å². The van der Waals surface area contributed by atoms with Gasteiger partial charge in [-0.2, -0.15) is 0 Å². The monoisotopic (exact) mass is 381 g/mol. The molecule has 0 saturated heterocycles. The van der Waals surface area contributed by atoms with Gasteiger partial charge in [0, 0.05) is 5.02 Å². The normalized spacial score (nSPS) is 15.3. The summed E-state index contributed by atoms with van der Waals surface area (Å²) in [5.74, 6) is 1.43.